The van der Waals surface area contributed by atoms with E-state index in [0.717, 1.165) is 5.69 Å². The Morgan fingerprint density at radius 2 is 2.64 bits per heavy atom. The zero-order valence-corrected chi connectivity index (χ0v) is 5.91. The highest BCUT2D eigenvalue weighted by Crippen LogP contribution is 1.91. The van der Waals surface area contributed by atoms with Crippen LogP contribution in [0.15, 0.2) is 17.1 Å². The van der Waals surface area contributed by atoms with Crippen molar-refractivity contribution in [2.75, 3.05) is 6.54 Å². The Labute approximate surface area is 63.6 Å². The number of hydrogen-bond donors (Lipinski definition) is 2. The molecule has 0 saturated carbocycles. The molecule has 0 unspecified atom stereocenters. The van der Waals surface area contributed by atoms with Crippen molar-refractivity contribution in [1.82, 2.24) is 10.3 Å². The molecule has 0 aliphatic rings. The van der Waals surface area contributed by atoms with E-state index >= 15 is 0 Å². The summed E-state index contributed by atoms with van der Waals surface area (Å²) in [5.41, 5.74) is 5.64. The number of nitrogens with two attached hydrogens (primary N) is 1. The Morgan fingerprint density at radius 1 is 1.82 bits per heavy atom. The van der Waals surface area contributed by atoms with Crippen molar-refractivity contribution in [3.63, 3.8) is 0 Å². The highest BCUT2D eigenvalue weighted by molar-refractivity contribution is 5.75. The number of aromatic nitrogens is 1. The summed E-state index contributed by atoms with van der Waals surface area (Å²) in [5, 5.41) is 2.79. The molecule has 0 aromatic carbocycles. The fourth-order valence-electron chi connectivity index (χ4n) is 0.639. The lowest BCUT2D eigenvalue weighted by molar-refractivity contribution is -0.117. The maximum Gasteiger partial charge on any atom is 0.231 e. The molecule has 11 heavy (non-hydrogen) atoms. The number of nitrogens with zero attached hydrogens (tertiary/aromatic N) is 1. The zero-order chi connectivity index (χ0) is 8.10. The average Bonchev–Trinajstić information content (AvgIpc) is 2.39. The molecule has 1 heterocycles. The summed E-state index contributed by atoms with van der Waals surface area (Å²) in [5.74, 6) is -0.381. The van der Waals surface area contributed by atoms with Crippen molar-refractivity contribution in [2.45, 2.75) is 6.54 Å². The van der Waals surface area contributed by atoms with Gasteiger partial charge in [0.1, 0.15) is 6.26 Å². The number of primary amides is 1. The topological polar surface area (TPSA) is 81.2 Å². The van der Waals surface area contributed by atoms with Crippen molar-refractivity contribution in [3.8, 4) is 0 Å². The highest BCUT2D eigenvalue weighted by Gasteiger charge is 1.96. The van der Waals surface area contributed by atoms with Gasteiger partial charge in [0, 0.05) is 6.54 Å². The van der Waals surface area contributed by atoms with E-state index in [1.807, 2.05) is 0 Å². The monoisotopic (exact) mass is 155 g/mol. The molecule has 3 N–H and O–H groups in total. The van der Waals surface area contributed by atoms with Crippen LogP contribution in [0, 0.1) is 0 Å². The van der Waals surface area contributed by atoms with Crippen LogP contribution < -0.4 is 11.1 Å². The third kappa shape index (κ3) is 2.81. The first-order chi connectivity index (χ1) is 5.29. The fraction of sp³-hybridized carbons (Fsp3) is 0.333. The molecule has 1 aromatic rings. The summed E-state index contributed by atoms with van der Waals surface area (Å²) in [7, 11) is 0. The Kier molecular flexibility index (Phi) is 2.62. The Morgan fingerprint density at radius 3 is 3.18 bits per heavy atom. The lowest BCUT2D eigenvalue weighted by Crippen LogP contribution is -2.28. The van der Waals surface area contributed by atoms with Gasteiger partial charge in [0.15, 0.2) is 6.39 Å². The molecule has 5 heteroatoms. The first-order valence-corrected chi connectivity index (χ1v) is 3.15. The summed E-state index contributed by atoms with van der Waals surface area (Å²) in [6, 6.07) is 0. The second-order valence-electron chi connectivity index (χ2n) is 2.05. The number of rotatable bonds is 4. The number of hydrogen-bond acceptors (Lipinski definition) is 4. The normalized spacial score (nSPS) is 9.82. The number of oxazole rings is 1. The predicted molar refractivity (Wildman–Crippen MR) is 37.4 cm³/mol. The summed E-state index contributed by atoms with van der Waals surface area (Å²) in [4.78, 5) is 14.1. The summed E-state index contributed by atoms with van der Waals surface area (Å²) in [6.45, 7) is 0.659. The molecule has 60 valence electrons. The highest BCUT2D eigenvalue weighted by atomic mass is 16.3. The van der Waals surface area contributed by atoms with Crippen molar-refractivity contribution < 1.29 is 9.21 Å². The van der Waals surface area contributed by atoms with E-state index in [1.54, 1.807) is 0 Å². The predicted octanol–water partition coefficient (Wildman–Crippen LogP) is -0.751. The standard InChI is InChI=1S/C6H9N3O2/c7-6(10)2-8-1-5-3-11-4-9-5/h3-4,8H,1-2H2,(H2,7,10). The van der Waals surface area contributed by atoms with Gasteiger partial charge in [0.25, 0.3) is 0 Å². The van der Waals surface area contributed by atoms with Gasteiger partial charge in [-0.25, -0.2) is 4.98 Å². The number of carbonyl (C=O) groups is 1. The van der Waals surface area contributed by atoms with Crippen LogP contribution in [0.3, 0.4) is 0 Å². The van der Waals surface area contributed by atoms with Gasteiger partial charge in [-0.2, -0.15) is 0 Å². The van der Waals surface area contributed by atoms with Crippen molar-refractivity contribution in [3.05, 3.63) is 18.4 Å². The molecule has 5 nitrogen and oxygen atoms in total. The van der Waals surface area contributed by atoms with Crippen LogP contribution in [0.2, 0.25) is 0 Å². The fourth-order valence-corrected chi connectivity index (χ4v) is 0.639. The zero-order valence-electron chi connectivity index (χ0n) is 5.91. The SMILES string of the molecule is NC(=O)CNCc1cocn1. The van der Waals surface area contributed by atoms with Gasteiger partial charge >= 0.3 is 0 Å². The van der Waals surface area contributed by atoms with Crippen LogP contribution in [0.1, 0.15) is 5.69 Å². The first-order valence-electron chi connectivity index (χ1n) is 3.15. The largest absolute Gasteiger partial charge is 0.451 e. The van der Waals surface area contributed by atoms with E-state index in [9.17, 15) is 4.79 Å². The van der Waals surface area contributed by atoms with Gasteiger partial charge in [-0.15, -0.1) is 0 Å². The second-order valence-corrected chi connectivity index (χ2v) is 2.05. The molecule has 0 bridgehead atoms. The number of carbonyl (C=O) groups excluding carboxylic acids is 1. The van der Waals surface area contributed by atoms with E-state index in [1.165, 1.54) is 12.7 Å². The van der Waals surface area contributed by atoms with Gasteiger partial charge in [-0.1, -0.05) is 0 Å². The smallest absolute Gasteiger partial charge is 0.231 e. The lowest BCUT2D eigenvalue weighted by Gasteiger charge is -1.95. The molecule has 0 fully saturated rings. The Balaban J connectivity index is 2.19. The average molecular weight is 155 g/mol. The summed E-state index contributed by atoms with van der Waals surface area (Å²) in [6.07, 6.45) is 2.84. The van der Waals surface area contributed by atoms with Gasteiger partial charge in [-0.05, 0) is 0 Å². The maximum absolute atomic E-state index is 10.2. The van der Waals surface area contributed by atoms with Crippen molar-refractivity contribution >= 4 is 5.91 Å². The van der Waals surface area contributed by atoms with Gasteiger partial charge < -0.3 is 15.5 Å². The third-order valence-electron chi connectivity index (χ3n) is 1.09. The minimum absolute atomic E-state index is 0.160. The first kappa shape index (κ1) is 7.74. The van der Waals surface area contributed by atoms with E-state index in [4.69, 9.17) is 10.2 Å². The van der Waals surface area contributed by atoms with E-state index < -0.39 is 0 Å². The Bertz CT molecular complexity index is 220. The minimum atomic E-state index is -0.381. The summed E-state index contributed by atoms with van der Waals surface area (Å²) < 4.78 is 4.70. The second kappa shape index (κ2) is 3.72. The molecular formula is C6H9N3O2. The van der Waals surface area contributed by atoms with Gasteiger partial charge in [0.2, 0.25) is 5.91 Å². The molecule has 0 aliphatic carbocycles. The number of amides is 1. The Hall–Kier alpha value is -1.36. The molecule has 1 rings (SSSR count). The van der Waals surface area contributed by atoms with Crippen LogP contribution >= 0.6 is 0 Å². The van der Waals surface area contributed by atoms with Crippen molar-refractivity contribution in [2.24, 2.45) is 5.73 Å². The van der Waals surface area contributed by atoms with Crippen molar-refractivity contribution in [1.29, 1.82) is 0 Å². The van der Waals surface area contributed by atoms with Gasteiger partial charge in [-0.3, -0.25) is 4.79 Å². The lowest BCUT2D eigenvalue weighted by atomic mass is 10.4. The molecule has 0 aliphatic heterocycles. The molecule has 0 radical (unpaired) electrons. The van der Waals surface area contributed by atoms with E-state index in [-0.39, 0.29) is 12.5 Å². The molecule has 1 amide bonds. The molecule has 0 atom stereocenters. The van der Waals surface area contributed by atoms with E-state index in [2.05, 4.69) is 10.3 Å². The molecule has 0 saturated heterocycles. The molecular weight excluding hydrogens is 146 g/mol. The summed E-state index contributed by atoms with van der Waals surface area (Å²) >= 11 is 0. The maximum atomic E-state index is 10.2. The van der Waals surface area contributed by atoms with Crippen LogP contribution in [-0.2, 0) is 11.3 Å². The quantitative estimate of drug-likeness (QED) is 0.599. The van der Waals surface area contributed by atoms with E-state index in [0.29, 0.717) is 6.54 Å². The third-order valence-corrected chi connectivity index (χ3v) is 1.09. The van der Waals surface area contributed by atoms with Crippen LogP contribution in [0.5, 0.6) is 0 Å². The molecule has 1 aromatic heterocycles. The van der Waals surface area contributed by atoms with Gasteiger partial charge in [0.05, 0.1) is 12.2 Å². The minimum Gasteiger partial charge on any atom is -0.451 e. The van der Waals surface area contributed by atoms with Crippen LogP contribution in [0.25, 0.3) is 0 Å². The number of nitrogens with one attached hydrogen (secondary N) is 1. The molecule has 0 spiro atoms. The van der Waals surface area contributed by atoms with Crippen LogP contribution in [-0.4, -0.2) is 17.4 Å². The van der Waals surface area contributed by atoms with Crippen LogP contribution in [0.4, 0.5) is 0 Å².